The lowest BCUT2D eigenvalue weighted by molar-refractivity contribution is 0.0936. The van der Waals surface area contributed by atoms with Gasteiger partial charge in [0.1, 0.15) is 0 Å². The predicted molar refractivity (Wildman–Crippen MR) is 66.5 cm³/mol. The van der Waals surface area contributed by atoms with Crippen molar-refractivity contribution in [2.24, 2.45) is 5.73 Å². The van der Waals surface area contributed by atoms with E-state index in [1.807, 2.05) is 39.0 Å². The molecule has 1 unspecified atom stereocenters. The highest BCUT2D eigenvalue weighted by atomic mass is 16.1. The molecule has 1 amide bonds. The number of carbonyl (C=O) groups is 1. The number of carbonyl (C=O) groups excluding carboxylic acids is 1. The first-order valence-electron chi connectivity index (χ1n) is 5.67. The second-order valence-corrected chi connectivity index (χ2v) is 4.06. The summed E-state index contributed by atoms with van der Waals surface area (Å²) in [5.41, 5.74) is 8.47. The predicted octanol–water partition coefficient (Wildman–Crippen LogP) is 1.77. The molecule has 0 bridgehead atoms. The molecule has 1 atom stereocenters. The number of nitrogens with one attached hydrogen (secondary N) is 1. The maximum atomic E-state index is 12.0. The van der Waals surface area contributed by atoms with E-state index in [0.29, 0.717) is 6.54 Å². The molecule has 0 aliphatic carbocycles. The number of benzene rings is 1. The highest BCUT2D eigenvalue weighted by Gasteiger charge is 2.13. The molecule has 1 aromatic rings. The molecule has 0 saturated carbocycles. The lowest BCUT2D eigenvalue weighted by Crippen LogP contribution is -2.39. The molecule has 0 fully saturated rings. The average molecular weight is 220 g/mol. The summed E-state index contributed by atoms with van der Waals surface area (Å²) in [5.74, 6) is -0.0292. The Kier molecular flexibility index (Phi) is 4.50. The molecular formula is C13H20N2O. The number of hydrogen-bond donors (Lipinski definition) is 2. The minimum Gasteiger partial charge on any atom is -0.348 e. The standard InChI is InChI=1S/C13H20N2O/c1-4-11(8-14)15-13(16)12-7-5-6-9(2)10(12)3/h5-7,11H,4,8,14H2,1-3H3,(H,15,16). The van der Waals surface area contributed by atoms with Gasteiger partial charge in [0.05, 0.1) is 0 Å². The molecule has 3 nitrogen and oxygen atoms in total. The van der Waals surface area contributed by atoms with Crippen LogP contribution in [0.25, 0.3) is 0 Å². The zero-order chi connectivity index (χ0) is 12.1. The van der Waals surface area contributed by atoms with E-state index in [1.165, 1.54) is 0 Å². The normalized spacial score (nSPS) is 12.2. The summed E-state index contributed by atoms with van der Waals surface area (Å²) in [5, 5.41) is 2.94. The quantitative estimate of drug-likeness (QED) is 0.812. The average Bonchev–Trinajstić information content (AvgIpc) is 2.29. The van der Waals surface area contributed by atoms with Gasteiger partial charge in [0, 0.05) is 18.2 Å². The Labute approximate surface area is 97.0 Å². The lowest BCUT2D eigenvalue weighted by Gasteiger charge is -2.16. The molecular weight excluding hydrogens is 200 g/mol. The largest absolute Gasteiger partial charge is 0.348 e. The van der Waals surface area contributed by atoms with Crippen molar-refractivity contribution >= 4 is 5.91 Å². The van der Waals surface area contributed by atoms with Crippen LogP contribution in [-0.4, -0.2) is 18.5 Å². The highest BCUT2D eigenvalue weighted by molar-refractivity contribution is 5.96. The van der Waals surface area contributed by atoms with E-state index in [0.717, 1.165) is 23.1 Å². The first kappa shape index (κ1) is 12.7. The van der Waals surface area contributed by atoms with E-state index < -0.39 is 0 Å². The second kappa shape index (κ2) is 5.66. The molecule has 3 N–H and O–H groups in total. The summed E-state index contributed by atoms with van der Waals surface area (Å²) in [6, 6.07) is 5.82. The molecule has 3 heteroatoms. The number of amides is 1. The highest BCUT2D eigenvalue weighted by Crippen LogP contribution is 2.12. The Morgan fingerprint density at radius 3 is 2.69 bits per heavy atom. The lowest BCUT2D eigenvalue weighted by atomic mass is 10.0. The van der Waals surface area contributed by atoms with Gasteiger partial charge in [-0.15, -0.1) is 0 Å². The zero-order valence-electron chi connectivity index (χ0n) is 10.2. The SMILES string of the molecule is CCC(CN)NC(=O)c1cccc(C)c1C. The van der Waals surface area contributed by atoms with Crippen LogP contribution < -0.4 is 11.1 Å². The van der Waals surface area contributed by atoms with Gasteiger partial charge in [-0.25, -0.2) is 0 Å². The van der Waals surface area contributed by atoms with Crippen molar-refractivity contribution in [3.8, 4) is 0 Å². The van der Waals surface area contributed by atoms with Crippen LogP contribution in [-0.2, 0) is 0 Å². The Balaban J connectivity index is 2.84. The molecule has 1 aromatic carbocycles. The van der Waals surface area contributed by atoms with Crippen molar-refractivity contribution in [2.45, 2.75) is 33.2 Å². The van der Waals surface area contributed by atoms with E-state index in [1.54, 1.807) is 0 Å². The van der Waals surface area contributed by atoms with Crippen LogP contribution in [0.5, 0.6) is 0 Å². The maximum absolute atomic E-state index is 12.0. The third kappa shape index (κ3) is 2.83. The van der Waals surface area contributed by atoms with Gasteiger partial charge < -0.3 is 11.1 Å². The first-order valence-corrected chi connectivity index (χ1v) is 5.67. The molecule has 0 heterocycles. The Morgan fingerprint density at radius 2 is 2.12 bits per heavy atom. The fourth-order valence-electron chi connectivity index (χ4n) is 1.59. The second-order valence-electron chi connectivity index (χ2n) is 4.06. The Bertz CT molecular complexity index is 370. The van der Waals surface area contributed by atoms with E-state index in [4.69, 9.17) is 5.73 Å². The summed E-state index contributed by atoms with van der Waals surface area (Å²) in [4.78, 5) is 12.0. The van der Waals surface area contributed by atoms with Crippen LogP contribution in [0.2, 0.25) is 0 Å². The molecule has 0 aliphatic rings. The summed E-state index contributed by atoms with van der Waals surface area (Å²) in [6.07, 6.45) is 0.854. The van der Waals surface area contributed by atoms with Gasteiger partial charge in [-0.2, -0.15) is 0 Å². The van der Waals surface area contributed by atoms with E-state index >= 15 is 0 Å². The van der Waals surface area contributed by atoms with Gasteiger partial charge in [0.15, 0.2) is 0 Å². The molecule has 88 valence electrons. The molecule has 0 aliphatic heterocycles. The van der Waals surface area contributed by atoms with Crippen LogP contribution in [0.15, 0.2) is 18.2 Å². The topological polar surface area (TPSA) is 55.1 Å². The summed E-state index contributed by atoms with van der Waals surface area (Å²) in [6.45, 7) is 6.47. The number of nitrogens with two attached hydrogens (primary N) is 1. The van der Waals surface area contributed by atoms with Crippen molar-refractivity contribution in [3.05, 3.63) is 34.9 Å². The van der Waals surface area contributed by atoms with Gasteiger partial charge in [-0.05, 0) is 37.5 Å². The Morgan fingerprint density at radius 1 is 1.44 bits per heavy atom. The van der Waals surface area contributed by atoms with Crippen molar-refractivity contribution in [3.63, 3.8) is 0 Å². The van der Waals surface area contributed by atoms with Crippen LogP contribution in [0.3, 0.4) is 0 Å². The van der Waals surface area contributed by atoms with Crippen LogP contribution in [0.1, 0.15) is 34.8 Å². The van der Waals surface area contributed by atoms with Crippen molar-refractivity contribution in [2.75, 3.05) is 6.54 Å². The maximum Gasteiger partial charge on any atom is 0.251 e. The van der Waals surface area contributed by atoms with Gasteiger partial charge in [0.2, 0.25) is 0 Å². The fraction of sp³-hybridized carbons (Fsp3) is 0.462. The third-order valence-corrected chi connectivity index (χ3v) is 2.96. The monoisotopic (exact) mass is 220 g/mol. The molecule has 0 aromatic heterocycles. The first-order chi connectivity index (χ1) is 7.60. The van der Waals surface area contributed by atoms with Crippen molar-refractivity contribution in [1.82, 2.24) is 5.32 Å². The van der Waals surface area contributed by atoms with Crippen LogP contribution in [0, 0.1) is 13.8 Å². The van der Waals surface area contributed by atoms with Gasteiger partial charge in [0.25, 0.3) is 5.91 Å². The molecule has 16 heavy (non-hydrogen) atoms. The van der Waals surface area contributed by atoms with E-state index in [9.17, 15) is 4.79 Å². The van der Waals surface area contributed by atoms with Crippen molar-refractivity contribution in [1.29, 1.82) is 0 Å². The summed E-state index contributed by atoms with van der Waals surface area (Å²) in [7, 11) is 0. The Hall–Kier alpha value is -1.35. The number of hydrogen-bond acceptors (Lipinski definition) is 2. The minimum atomic E-state index is -0.0292. The van der Waals surface area contributed by atoms with Gasteiger partial charge in [-0.3, -0.25) is 4.79 Å². The molecule has 0 saturated heterocycles. The molecule has 0 spiro atoms. The number of aryl methyl sites for hydroxylation is 1. The van der Waals surface area contributed by atoms with Gasteiger partial charge in [-0.1, -0.05) is 19.1 Å². The summed E-state index contributed by atoms with van der Waals surface area (Å²) < 4.78 is 0. The van der Waals surface area contributed by atoms with E-state index in [-0.39, 0.29) is 11.9 Å². The fourth-order valence-corrected chi connectivity index (χ4v) is 1.59. The number of rotatable bonds is 4. The smallest absolute Gasteiger partial charge is 0.251 e. The zero-order valence-corrected chi connectivity index (χ0v) is 10.2. The molecule has 0 radical (unpaired) electrons. The van der Waals surface area contributed by atoms with Crippen molar-refractivity contribution < 1.29 is 4.79 Å². The third-order valence-electron chi connectivity index (χ3n) is 2.96. The van der Waals surface area contributed by atoms with Crippen LogP contribution >= 0.6 is 0 Å². The molecule has 1 rings (SSSR count). The summed E-state index contributed by atoms with van der Waals surface area (Å²) >= 11 is 0. The van der Waals surface area contributed by atoms with E-state index in [2.05, 4.69) is 5.32 Å². The van der Waals surface area contributed by atoms with Gasteiger partial charge >= 0.3 is 0 Å². The minimum absolute atomic E-state index is 0.0292. The van der Waals surface area contributed by atoms with Crippen LogP contribution in [0.4, 0.5) is 0 Å².